The molecule has 29 nitrogen and oxygen atoms in total. The number of nitrogen functional groups attached to an aromatic ring is 1. The first-order valence-corrected chi connectivity index (χ1v) is 33.8. The highest BCUT2D eigenvalue weighted by Crippen LogP contribution is 2.51. The van der Waals surface area contributed by atoms with Gasteiger partial charge in [-0.1, -0.05) is 91.3 Å². The third kappa shape index (κ3) is 18.0. The van der Waals surface area contributed by atoms with E-state index in [0.29, 0.717) is 5.52 Å². The molecule has 0 saturated carbocycles. The van der Waals surface area contributed by atoms with Crippen LogP contribution in [0.1, 0.15) is 98.8 Å². The number of nitrogens with zero attached hydrogens (tertiary/aromatic N) is 6. The van der Waals surface area contributed by atoms with Gasteiger partial charge in [0.15, 0.2) is 11.3 Å². The second kappa shape index (κ2) is 31.2. The lowest BCUT2D eigenvalue weighted by Gasteiger charge is -2.31. The van der Waals surface area contributed by atoms with Crippen LogP contribution in [0, 0.1) is 16.7 Å². The fraction of sp³-hybridized carbons (Fsp3) is 0.544. The van der Waals surface area contributed by atoms with Gasteiger partial charge < -0.3 is 59.0 Å². The van der Waals surface area contributed by atoms with Crippen LogP contribution in [-0.4, -0.2) is 160 Å². The van der Waals surface area contributed by atoms with E-state index in [1.165, 1.54) is 65.6 Å². The summed E-state index contributed by atoms with van der Waals surface area (Å²) in [4.78, 5) is 38.8. The van der Waals surface area contributed by atoms with Gasteiger partial charge in [0.05, 0.1) is 37.8 Å². The average Bonchev–Trinajstić information content (AvgIpc) is 1.66. The van der Waals surface area contributed by atoms with Crippen molar-refractivity contribution in [2.24, 2.45) is 11.3 Å². The molecule has 2 aromatic carbocycles. The van der Waals surface area contributed by atoms with E-state index in [2.05, 4.69) is 25.4 Å². The van der Waals surface area contributed by atoms with Gasteiger partial charge in [0, 0.05) is 6.66 Å². The van der Waals surface area contributed by atoms with Crippen molar-refractivity contribution in [3.8, 4) is 11.5 Å². The Balaban J connectivity index is 0.000000289. The number of carbonyl (C=O) groups is 2. The topological polar surface area (TPSA) is 396 Å². The second-order valence-electron chi connectivity index (χ2n) is 22.6. The Morgan fingerprint density at radius 3 is 1.65 bits per heavy atom. The number of nitrogens with one attached hydrogen (secondary N) is 3. The molecule has 6 heterocycles. The zero-order valence-corrected chi connectivity index (χ0v) is 53.5. The van der Waals surface area contributed by atoms with E-state index in [0.717, 1.165) is 36.8 Å². The Hall–Kier alpha value is -6.11. The summed E-state index contributed by atoms with van der Waals surface area (Å²) in [7, 11) is -12.8. The minimum absolute atomic E-state index is 0. The molecule has 34 heteroatoms. The van der Waals surface area contributed by atoms with Crippen molar-refractivity contribution in [3.63, 3.8) is 0 Å². The Labute approximate surface area is 524 Å². The number of rotatable bonds is 30. The number of hydrogen-bond acceptors (Lipinski definition) is 23. The molecule has 6 aromatic rings. The third-order valence-corrected chi connectivity index (χ3v) is 19.1. The maximum atomic E-state index is 14.8. The summed E-state index contributed by atoms with van der Waals surface area (Å²) in [6, 6.07) is 19.6. The summed E-state index contributed by atoms with van der Waals surface area (Å²) in [6.07, 6.45) is -4.98. The molecule has 10 N–H and O–H groups in total. The van der Waals surface area contributed by atoms with Crippen molar-refractivity contribution in [3.05, 3.63) is 114 Å². The van der Waals surface area contributed by atoms with Crippen LogP contribution < -0.4 is 30.4 Å². The van der Waals surface area contributed by atoms with Crippen molar-refractivity contribution in [1.82, 2.24) is 39.0 Å². The highest BCUT2D eigenvalue weighted by molar-refractivity contribution is 7.52. The molecular weight excluding hydrogens is 1260 g/mol. The predicted octanol–water partition coefficient (Wildman–Crippen LogP) is 6.68. The van der Waals surface area contributed by atoms with E-state index < -0.39 is 128 Å². The molecule has 2 saturated heterocycles. The molecule has 2 aliphatic rings. The Morgan fingerprint density at radius 1 is 0.736 bits per heavy atom. The summed E-state index contributed by atoms with van der Waals surface area (Å²) in [5.41, 5.74) is 2.05. The van der Waals surface area contributed by atoms with Gasteiger partial charge in [-0.05, 0) is 80.1 Å². The minimum Gasteiger partial charge on any atom is -0.464 e. The van der Waals surface area contributed by atoms with Crippen molar-refractivity contribution >= 4 is 51.9 Å². The molecular formula is C57H83F2N10O19P3. The van der Waals surface area contributed by atoms with Crippen LogP contribution in [0.15, 0.2) is 97.6 Å². The number of nitrogens with two attached hydrogens (primary N) is 1. The summed E-state index contributed by atoms with van der Waals surface area (Å²) in [5.74, 6) is -0.867. The van der Waals surface area contributed by atoms with Crippen LogP contribution >= 0.6 is 23.1 Å². The van der Waals surface area contributed by atoms with Gasteiger partial charge >= 0.3 is 35.0 Å². The highest BCUT2D eigenvalue weighted by Gasteiger charge is 2.58. The summed E-state index contributed by atoms with van der Waals surface area (Å²) < 4.78 is 123. The Bertz CT molecular complexity index is 3590. The molecule has 504 valence electrons. The molecule has 2 aliphatic heterocycles. The summed E-state index contributed by atoms with van der Waals surface area (Å²) in [5, 5.41) is 65.7. The van der Waals surface area contributed by atoms with Gasteiger partial charge in [0.1, 0.15) is 115 Å². The average molecular weight is 1340 g/mol. The number of carbonyl (C=O) groups excluding carboxylic acids is 2. The molecule has 1 unspecified atom stereocenters. The predicted molar refractivity (Wildman–Crippen MR) is 326 cm³/mol. The van der Waals surface area contributed by atoms with Gasteiger partial charge in [-0.25, -0.2) is 31.9 Å². The Kier molecular flexibility index (Phi) is 25.4. The number of anilines is 1. The van der Waals surface area contributed by atoms with Crippen LogP contribution in [0.5, 0.6) is 11.5 Å². The van der Waals surface area contributed by atoms with Crippen LogP contribution in [0.2, 0.25) is 0 Å². The van der Waals surface area contributed by atoms with Crippen molar-refractivity contribution < 1.29 is 99.0 Å². The lowest BCUT2D eigenvalue weighted by molar-refractivity contribution is -0.148. The summed E-state index contributed by atoms with van der Waals surface area (Å²) in [6.45, 7) is 9.04. The van der Waals surface area contributed by atoms with E-state index >= 15 is 0 Å². The van der Waals surface area contributed by atoms with Gasteiger partial charge in [-0.3, -0.25) is 37.7 Å². The van der Waals surface area contributed by atoms with E-state index in [1.54, 1.807) is 48.5 Å². The smallest absolute Gasteiger partial charge is 0.459 e. The molecule has 4 aromatic heterocycles. The maximum absolute atomic E-state index is 14.8. The lowest BCUT2D eigenvalue weighted by Crippen LogP contribution is -2.49. The highest BCUT2D eigenvalue weighted by atomic mass is 31.2. The Morgan fingerprint density at radius 2 is 1.20 bits per heavy atom. The molecule has 91 heavy (non-hydrogen) atoms. The standard InChI is InChI=1S/C29H42FN5O11P2.C27H37FN5O8P.CH4/c1-5-20(6-2)14-42-28(38)19(3)33-48(41,46-21-10-8-7-9-11-21)43-16-29(15-30)26(37)24(36)25(45-29)22-12-13-23-27(31)34(17-32-35(22)23)18-44-47(4,39)40;1-5-26(3,4)14-38-25(36)17(2)32-42(37,41-18-9-7-6-8-10-18)39-15-27(13-28)23(35)21(34)22(40-27)19-11-12-20-24(29)30-16-31-33(19)20;/h7-13,17,19-20,24-26,31,36-37H,5-6,14-16,18H2,1-4H3,(H,33,41)(H,39,40);6-12,16-17,21-23,34-35H,5,13-15H2,1-4H3,(H,32,37)(H2,29,30,31);1H4/t19-,24-,25-,26-,29+,48-;17-,21-,22-,23-,27+,42-;/m00./s1. The quantitative estimate of drug-likeness (QED) is 0.0168. The zero-order chi connectivity index (χ0) is 66.0. The largest absolute Gasteiger partial charge is 0.464 e. The first-order valence-electron chi connectivity index (χ1n) is 28.7. The van der Waals surface area contributed by atoms with E-state index in [-0.39, 0.29) is 71.7 Å². The number of halogens is 2. The zero-order valence-electron chi connectivity index (χ0n) is 50.8. The number of alkyl halides is 2. The number of benzene rings is 2. The van der Waals surface area contributed by atoms with Gasteiger partial charge in [-0.2, -0.15) is 20.4 Å². The minimum atomic E-state index is -4.50. The number of fused-ring (bicyclic) bond motifs is 2. The number of aromatic nitrogens is 6. The monoisotopic (exact) mass is 1340 g/mol. The third-order valence-electron chi connectivity index (χ3n) is 15.3. The normalized spacial score (nSPS) is 24.3. The molecule has 0 aliphatic carbocycles. The number of para-hydroxylation sites is 2. The van der Waals surface area contributed by atoms with Crippen LogP contribution in [-0.2, 0) is 62.5 Å². The van der Waals surface area contributed by atoms with E-state index in [4.69, 9.17) is 52.7 Å². The molecule has 0 radical (unpaired) electrons. The lowest BCUT2D eigenvalue weighted by atomic mass is 9.92. The van der Waals surface area contributed by atoms with Crippen LogP contribution in [0.3, 0.4) is 0 Å². The van der Waals surface area contributed by atoms with Crippen LogP contribution in [0.25, 0.3) is 11.0 Å². The molecule has 13 atom stereocenters. The first kappa shape index (κ1) is 73.9. The number of hydrogen-bond donors (Lipinski definition) is 9. The first-order chi connectivity index (χ1) is 42.5. The van der Waals surface area contributed by atoms with E-state index in [9.17, 15) is 57.4 Å². The van der Waals surface area contributed by atoms with Crippen LogP contribution in [0.4, 0.5) is 14.6 Å². The fourth-order valence-corrected chi connectivity index (χ4v) is 12.7. The SMILES string of the molecule is C.CCC(C)(C)COC(=O)[C@H](C)N[P@](=O)(OC[C@@]1(CF)O[C@@H](c2ccc3c(N)ncnn23)[C@H](O)[C@@H]1O)Oc1ccccc1.CCC(CC)COC(=O)[C@H](C)N[P@](=O)(OC[C@@]1(CF)O[C@@H](c2ccc3c(=N)n(COP(C)(=O)O)cnn23)[C@H](O)[C@@H]1O)Oc1ccccc1. The molecule has 8 rings (SSSR count). The van der Waals surface area contributed by atoms with E-state index in [1.807, 2.05) is 34.6 Å². The summed E-state index contributed by atoms with van der Waals surface area (Å²) >= 11 is 0. The second-order valence-corrected chi connectivity index (χ2v) is 27.9. The van der Waals surface area contributed by atoms with Gasteiger partial charge in [0.25, 0.3) is 0 Å². The van der Waals surface area contributed by atoms with Crippen molar-refractivity contribution in [1.29, 1.82) is 5.41 Å². The molecule has 0 amide bonds. The van der Waals surface area contributed by atoms with Gasteiger partial charge in [0.2, 0.25) is 0 Å². The molecule has 0 spiro atoms. The number of aliphatic hydroxyl groups is 4. The number of aliphatic hydroxyl groups excluding tert-OH is 4. The van der Waals surface area contributed by atoms with Crippen molar-refractivity contribution in [2.45, 2.75) is 142 Å². The number of esters is 2. The fourth-order valence-electron chi connectivity index (χ4n) is 9.22. The number of ether oxygens (including phenoxy) is 4. The molecule has 2 fully saturated rings. The van der Waals surface area contributed by atoms with Gasteiger partial charge in [-0.15, -0.1) is 0 Å². The molecule has 0 bridgehead atoms. The maximum Gasteiger partial charge on any atom is 0.459 e. The van der Waals surface area contributed by atoms with Crippen molar-refractivity contribution in [2.75, 3.05) is 52.2 Å².